The van der Waals surface area contributed by atoms with Crippen molar-refractivity contribution in [3.05, 3.63) is 35.9 Å². The number of carbonyl (C=O) groups is 1. The summed E-state index contributed by atoms with van der Waals surface area (Å²) in [4.78, 5) is 12.4. The van der Waals surface area contributed by atoms with Crippen molar-refractivity contribution in [2.75, 3.05) is 0 Å². The molecule has 4 aliphatic carbocycles. The lowest BCUT2D eigenvalue weighted by Gasteiger charge is -2.60. The summed E-state index contributed by atoms with van der Waals surface area (Å²) in [5.74, 6) is 5.86. The smallest absolute Gasteiger partial charge is 0.229 e. The average molecular weight is 468 g/mol. The largest absolute Gasteiger partial charge is 0.300 e. The summed E-state index contributed by atoms with van der Waals surface area (Å²) in [5.41, 5.74) is 2.45. The Kier molecular flexibility index (Phi) is 7.17. The van der Waals surface area contributed by atoms with Crippen LogP contribution in [0, 0.1) is 40.4 Å². The molecule has 1 N–H and O–H groups in total. The second kappa shape index (κ2) is 9.96. The van der Waals surface area contributed by atoms with Gasteiger partial charge in [-0.15, -0.1) is 0 Å². The quantitative estimate of drug-likeness (QED) is 0.410. The lowest BCUT2D eigenvalue weighted by molar-refractivity contribution is -0.119. The van der Waals surface area contributed by atoms with Gasteiger partial charge in [-0.05, 0) is 122 Å². The molecule has 182 valence electrons. The van der Waals surface area contributed by atoms with E-state index < -0.39 is 0 Å². The Morgan fingerprint density at radius 1 is 0.939 bits per heavy atom. The molecule has 2 nitrogen and oxygen atoms in total. The Balaban J connectivity index is 1.11. The number of carbonyl (C=O) groups excluding carboxylic acids is 1. The second-order valence-electron chi connectivity index (χ2n) is 12.4. The Morgan fingerprint density at radius 2 is 1.76 bits per heavy atom. The molecule has 0 aromatic heterocycles. The molecule has 0 radical (unpaired) electrons. The van der Waals surface area contributed by atoms with Gasteiger partial charge in [-0.1, -0.05) is 57.0 Å². The zero-order valence-electron chi connectivity index (χ0n) is 21.0. The molecule has 3 heteroatoms. The van der Waals surface area contributed by atoms with E-state index in [1.54, 1.807) is 0 Å². The summed E-state index contributed by atoms with van der Waals surface area (Å²) in [6, 6.07) is 10.4. The lowest BCUT2D eigenvalue weighted by Crippen LogP contribution is -2.52. The first-order valence-electron chi connectivity index (χ1n) is 14.0. The van der Waals surface area contributed by atoms with Gasteiger partial charge in [0.1, 0.15) is 0 Å². The third-order valence-electron chi connectivity index (χ3n) is 11.0. The van der Waals surface area contributed by atoms with Crippen LogP contribution in [0.2, 0.25) is 0 Å². The van der Waals surface area contributed by atoms with Crippen molar-refractivity contribution in [2.45, 2.75) is 103 Å². The highest BCUT2D eigenvalue weighted by molar-refractivity contribution is 7.97. The van der Waals surface area contributed by atoms with E-state index in [-0.39, 0.29) is 5.91 Å². The van der Waals surface area contributed by atoms with Crippen molar-refractivity contribution in [2.24, 2.45) is 40.4 Å². The maximum absolute atomic E-state index is 12.4. The highest BCUT2D eigenvalue weighted by atomic mass is 32.2. The first kappa shape index (κ1) is 23.8. The first-order valence-corrected chi connectivity index (χ1v) is 14.9. The van der Waals surface area contributed by atoms with Crippen molar-refractivity contribution in [3.63, 3.8) is 0 Å². The summed E-state index contributed by atoms with van der Waals surface area (Å²) in [7, 11) is 0. The molecular formula is C30H45NOS. The van der Waals surface area contributed by atoms with E-state index in [0.29, 0.717) is 17.3 Å². The van der Waals surface area contributed by atoms with Crippen molar-refractivity contribution >= 4 is 17.9 Å². The van der Waals surface area contributed by atoms with Crippen LogP contribution in [0.15, 0.2) is 30.3 Å². The van der Waals surface area contributed by atoms with Gasteiger partial charge in [0.25, 0.3) is 0 Å². The van der Waals surface area contributed by atoms with E-state index in [9.17, 15) is 4.79 Å². The van der Waals surface area contributed by atoms with E-state index >= 15 is 0 Å². The topological polar surface area (TPSA) is 29.1 Å². The van der Waals surface area contributed by atoms with Gasteiger partial charge in [0.15, 0.2) is 0 Å². The molecule has 1 amide bonds. The van der Waals surface area contributed by atoms with Gasteiger partial charge in [0, 0.05) is 12.2 Å². The molecule has 4 aliphatic rings. The Hall–Kier alpha value is -0.960. The fraction of sp³-hybridized carbons (Fsp3) is 0.767. The van der Waals surface area contributed by atoms with Crippen LogP contribution >= 0.6 is 11.9 Å². The molecule has 0 aliphatic heterocycles. The summed E-state index contributed by atoms with van der Waals surface area (Å²) in [5, 5.41) is 0. The Labute approximate surface area is 206 Å². The summed E-state index contributed by atoms with van der Waals surface area (Å²) >= 11 is 1.54. The van der Waals surface area contributed by atoms with Gasteiger partial charge in [-0.25, -0.2) is 0 Å². The molecular weight excluding hydrogens is 422 g/mol. The van der Waals surface area contributed by atoms with Crippen LogP contribution in [0.3, 0.4) is 0 Å². The van der Waals surface area contributed by atoms with Crippen LogP contribution in [0.1, 0.15) is 103 Å². The maximum Gasteiger partial charge on any atom is 0.229 e. The van der Waals surface area contributed by atoms with E-state index in [1.807, 2.05) is 6.07 Å². The second-order valence-corrected chi connectivity index (χ2v) is 13.2. The molecule has 4 saturated carbocycles. The molecule has 0 heterocycles. The highest BCUT2D eigenvalue weighted by Gasteiger charge is 2.59. The zero-order valence-corrected chi connectivity index (χ0v) is 21.8. The van der Waals surface area contributed by atoms with Crippen LogP contribution in [-0.4, -0.2) is 5.91 Å². The standard InChI is InChI=1S/C30H45NOS/c1-29-19-7-6-11-23(29)14-16-25-26-17-15-24(30(26,2)20-18-27(25)29)12-8-13-28(32)31-33-21-22-9-4-3-5-10-22/h3-5,9-10,23-27H,6-8,11-21H2,1-2H3,(H,31,32). The van der Waals surface area contributed by atoms with Crippen LogP contribution in [0.25, 0.3) is 0 Å². The molecule has 0 saturated heterocycles. The number of fused-ring (bicyclic) bond motifs is 5. The maximum atomic E-state index is 12.4. The van der Waals surface area contributed by atoms with E-state index in [2.05, 4.69) is 42.8 Å². The number of nitrogens with one attached hydrogen (secondary N) is 1. The van der Waals surface area contributed by atoms with Gasteiger partial charge in [0.05, 0.1) is 0 Å². The first-order chi connectivity index (χ1) is 16.0. The van der Waals surface area contributed by atoms with Crippen LogP contribution in [0.4, 0.5) is 0 Å². The van der Waals surface area contributed by atoms with Gasteiger partial charge in [-0.3, -0.25) is 9.52 Å². The van der Waals surface area contributed by atoms with E-state index in [0.717, 1.165) is 41.8 Å². The van der Waals surface area contributed by atoms with Crippen molar-refractivity contribution < 1.29 is 4.79 Å². The zero-order chi connectivity index (χ0) is 22.9. The number of rotatable bonds is 7. The predicted molar refractivity (Wildman–Crippen MR) is 140 cm³/mol. The number of benzene rings is 1. The SMILES string of the molecule is CC12CCCCC1CCC1C2CCC2(C)C(CCCC(=O)NSCc3ccccc3)CCC12. The monoisotopic (exact) mass is 467 g/mol. The number of hydrogen-bond acceptors (Lipinski definition) is 2. The molecule has 0 bridgehead atoms. The molecule has 4 fully saturated rings. The van der Waals surface area contributed by atoms with Gasteiger partial charge in [-0.2, -0.15) is 0 Å². The van der Waals surface area contributed by atoms with E-state index in [1.165, 1.54) is 88.1 Å². The number of hydrogen-bond donors (Lipinski definition) is 1. The Bertz CT molecular complexity index is 811. The van der Waals surface area contributed by atoms with Crippen LogP contribution < -0.4 is 4.72 Å². The van der Waals surface area contributed by atoms with Crippen molar-refractivity contribution in [1.82, 2.24) is 4.72 Å². The van der Waals surface area contributed by atoms with E-state index in [4.69, 9.17) is 0 Å². The molecule has 5 rings (SSSR count). The third kappa shape index (κ3) is 4.65. The Morgan fingerprint density at radius 3 is 2.61 bits per heavy atom. The minimum atomic E-state index is 0.211. The molecule has 33 heavy (non-hydrogen) atoms. The summed E-state index contributed by atoms with van der Waals surface area (Å²) in [6.45, 7) is 5.34. The fourth-order valence-electron chi connectivity index (χ4n) is 9.21. The molecule has 1 aromatic rings. The lowest BCUT2D eigenvalue weighted by atomic mass is 9.45. The molecule has 7 atom stereocenters. The summed E-state index contributed by atoms with van der Waals surface area (Å²) < 4.78 is 3.07. The molecule has 7 unspecified atom stereocenters. The van der Waals surface area contributed by atoms with Gasteiger partial charge in [0.2, 0.25) is 5.91 Å². The van der Waals surface area contributed by atoms with Gasteiger partial charge >= 0.3 is 0 Å². The predicted octanol–water partition coefficient (Wildman–Crippen LogP) is 8.17. The fourth-order valence-corrected chi connectivity index (χ4v) is 9.91. The molecule has 0 spiro atoms. The minimum Gasteiger partial charge on any atom is -0.300 e. The number of amides is 1. The third-order valence-corrected chi connectivity index (χ3v) is 11.9. The molecule has 1 aromatic carbocycles. The highest BCUT2D eigenvalue weighted by Crippen LogP contribution is 2.67. The van der Waals surface area contributed by atoms with Crippen molar-refractivity contribution in [3.8, 4) is 0 Å². The van der Waals surface area contributed by atoms with Crippen LogP contribution in [-0.2, 0) is 10.5 Å². The van der Waals surface area contributed by atoms with Gasteiger partial charge < -0.3 is 0 Å². The average Bonchev–Trinajstić information content (AvgIpc) is 3.16. The van der Waals surface area contributed by atoms with Crippen LogP contribution in [0.5, 0.6) is 0 Å². The normalized spacial score (nSPS) is 39.9. The van der Waals surface area contributed by atoms with Crippen molar-refractivity contribution in [1.29, 1.82) is 0 Å². The minimum absolute atomic E-state index is 0.211. The summed E-state index contributed by atoms with van der Waals surface area (Å²) in [6.07, 6.45) is 17.8.